The normalized spacial score (nSPS) is 21.2. The molecule has 0 aromatic heterocycles. The molecule has 1 fully saturated rings. The molecule has 0 unspecified atom stereocenters. The van der Waals surface area contributed by atoms with Crippen LogP contribution in [-0.2, 0) is 0 Å². The zero-order valence-corrected chi connectivity index (χ0v) is 11.5. The van der Waals surface area contributed by atoms with Crippen LogP contribution in [0.2, 0.25) is 0 Å². The highest BCUT2D eigenvalue weighted by molar-refractivity contribution is 4.83. The summed E-state index contributed by atoms with van der Waals surface area (Å²) < 4.78 is 0. The lowest BCUT2D eigenvalue weighted by Gasteiger charge is -2.38. The molecule has 96 valence electrons. The summed E-state index contributed by atoms with van der Waals surface area (Å²) in [6, 6.07) is 0. The van der Waals surface area contributed by atoms with E-state index in [1.54, 1.807) is 0 Å². The maximum Gasteiger partial charge on any atom is 0.000612 e. The SMILES string of the molecule is CCCCCCNCC1(C)CCN(C)CC1. The van der Waals surface area contributed by atoms with Crippen molar-refractivity contribution in [2.45, 2.75) is 52.4 Å². The van der Waals surface area contributed by atoms with Crippen molar-refractivity contribution >= 4 is 0 Å². The summed E-state index contributed by atoms with van der Waals surface area (Å²) in [6.45, 7) is 9.69. The average molecular weight is 226 g/mol. The van der Waals surface area contributed by atoms with Gasteiger partial charge >= 0.3 is 0 Å². The molecule has 2 heteroatoms. The van der Waals surface area contributed by atoms with Crippen LogP contribution in [0.25, 0.3) is 0 Å². The summed E-state index contributed by atoms with van der Waals surface area (Å²) in [7, 11) is 2.23. The van der Waals surface area contributed by atoms with E-state index in [0.29, 0.717) is 5.41 Å². The molecule has 0 aromatic rings. The first-order chi connectivity index (χ1) is 7.66. The second-order valence-electron chi connectivity index (χ2n) is 5.85. The predicted octanol–water partition coefficient (Wildman–Crippen LogP) is 2.89. The Kier molecular flexibility index (Phi) is 6.37. The summed E-state index contributed by atoms with van der Waals surface area (Å²) in [5.41, 5.74) is 0.553. The van der Waals surface area contributed by atoms with Crippen molar-refractivity contribution in [2.24, 2.45) is 5.41 Å². The Morgan fingerprint density at radius 1 is 1.12 bits per heavy atom. The van der Waals surface area contributed by atoms with Crippen LogP contribution in [0.1, 0.15) is 52.4 Å². The molecule has 2 nitrogen and oxygen atoms in total. The Morgan fingerprint density at radius 2 is 1.81 bits per heavy atom. The van der Waals surface area contributed by atoms with Gasteiger partial charge in [-0.25, -0.2) is 0 Å². The number of piperidine rings is 1. The highest BCUT2D eigenvalue weighted by Gasteiger charge is 2.27. The molecule has 0 saturated carbocycles. The number of likely N-dealkylation sites (tertiary alicyclic amines) is 1. The van der Waals surface area contributed by atoms with E-state index in [1.165, 1.54) is 64.7 Å². The fourth-order valence-electron chi connectivity index (χ4n) is 2.40. The quantitative estimate of drug-likeness (QED) is 0.672. The molecule has 0 aliphatic carbocycles. The molecule has 1 aliphatic rings. The topological polar surface area (TPSA) is 15.3 Å². The second-order valence-corrected chi connectivity index (χ2v) is 5.85. The smallest absolute Gasteiger partial charge is 0.000612 e. The van der Waals surface area contributed by atoms with Gasteiger partial charge in [-0.15, -0.1) is 0 Å². The zero-order valence-electron chi connectivity index (χ0n) is 11.5. The van der Waals surface area contributed by atoms with E-state index in [0.717, 1.165) is 0 Å². The van der Waals surface area contributed by atoms with Gasteiger partial charge in [-0.2, -0.15) is 0 Å². The standard InChI is InChI=1S/C14H30N2/c1-4-5-6-7-10-15-13-14(2)8-11-16(3)12-9-14/h15H,4-13H2,1-3H3. The van der Waals surface area contributed by atoms with Crippen molar-refractivity contribution in [1.29, 1.82) is 0 Å². The fraction of sp³-hybridized carbons (Fsp3) is 1.00. The Balaban J connectivity index is 2.03. The van der Waals surface area contributed by atoms with E-state index in [2.05, 4.69) is 31.1 Å². The van der Waals surface area contributed by atoms with Gasteiger partial charge in [0.05, 0.1) is 0 Å². The molecule has 0 bridgehead atoms. The molecular weight excluding hydrogens is 196 g/mol. The third kappa shape index (κ3) is 5.31. The van der Waals surface area contributed by atoms with Crippen LogP contribution in [0.15, 0.2) is 0 Å². The first-order valence-electron chi connectivity index (χ1n) is 7.05. The van der Waals surface area contributed by atoms with Crippen molar-refractivity contribution in [2.75, 3.05) is 33.2 Å². The molecule has 1 heterocycles. The molecule has 0 amide bonds. The van der Waals surface area contributed by atoms with Crippen LogP contribution in [0.4, 0.5) is 0 Å². The highest BCUT2D eigenvalue weighted by atomic mass is 15.1. The van der Waals surface area contributed by atoms with E-state index in [4.69, 9.17) is 0 Å². The average Bonchev–Trinajstić information content (AvgIpc) is 2.28. The minimum absolute atomic E-state index is 0.553. The molecule has 16 heavy (non-hydrogen) atoms. The molecule has 0 atom stereocenters. The molecule has 1 N–H and O–H groups in total. The number of nitrogens with one attached hydrogen (secondary N) is 1. The summed E-state index contributed by atoms with van der Waals surface area (Å²) in [5, 5.41) is 3.65. The number of nitrogens with zero attached hydrogens (tertiary/aromatic N) is 1. The van der Waals surface area contributed by atoms with E-state index in [9.17, 15) is 0 Å². The molecular formula is C14H30N2. The van der Waals surface area contributed by atoms with E-state index in [1.807, 2.05) is 0 Å². The van der Waals surface area contributed by atoms with E-state index >= 15 is 0 Å². The molecule has 0 aromatic carbocycles. The second kappa shape index (κ2) is 7.29. The Bertz CT molecular complexity index is 172. The fourth-order valence-corrected chi connectivity index (χ4v) is 2.40. The van der Waals surface area contributed by atoms with Gasteiger partial charge < -0.3 is 10.2 Å². The monoisotopic (exact) mass is 226 g/mol. The molecule has 0 spiro atoms. The van der Waals surface area contributed by atoms with Crippen molar-refractivity contribution < 1.29 is 0 Å². The molecule has 1 aliphatic heterocycles. The van der Waals surface area contributed by atoms with Crippen molar-refractivity contribution in [1.82, 2.24) is 10.2 Å². The van der Waals surface area contributed by atoms with Gasteiger partial charge in [0.1, 0.15) is 0 Å². The first-order valence-corrected chi connectivity index (χ1v) is 7.05. The largest absolute Gasteiger partial charge is 0.316 e. The highest BCUT2D eigenvalue weighted by Crippen LogP contribution is 2.29. The summed E-state index contributed by atoms with van der Waals surface area (Å²) in [4.78, 5) is 2.45. The van der Waals surface area contributed by atoms with Crippen molar-refractivity contribution in [3.05, 3.63) is 0 Å². The lowest BCUT2D eigenvalue weighted by molar-refractivity contribution is 0.137. The summed E-state index contributed by atoms with van der Waals surface area (Å²) >= 11 is 0. The van der Waals surface area contributed by atoms with Crippen LogP contribution < -0.4 is 5.32 Å². The van der Waals surface area contributed by atoms with Crippen LogP contribution in [0, 0.1) is 5.41 Å². The third-order valence-electron chi connectivity index (χ3n) is 3.95. The van der Waals surface area contributed by atoms with Gasteiger partial charge in [0.25, 0.3) is 0 Å². The number of rotatable bonds is 7. The van der Waals surface area contributed by atoms with Gasteiger partial charge in [-0.3, -0.25) is 0 Å². The Morgan fingerprint density at radius 3 is 2.44 bits per heavy atom. The first kappa shape index (κ1) is 14.0. The summed E-state index contributed by atoms with van der Waals surface area (Å²) in [5.74, 6) is 0. The molecule has 1 rings (SSSR count). The van der Waals surface area contributed by atoms with Gasteiger partial charge in [0.15, 0.2) is 0 Å². The maximum atomic E-state index is 3.65. The van der Waals surface area contributed by atoms with Gasteiger partial charge in [-0.05, 0) is 51.4 Å². The maximum absolute atomic E-state index is 3.65. The number of unbranched alkanes of at least 4 members (excludes halogenated alkanes) is 3. The minimum Gasteiger partial charge on any atom is -0.316 e. The van der Waals surface area contributed by atoms with Gasteiger partial charge in [-0.1, -0.05) is 33.1 Å². The Hall–Kier alpha value is -0.0800. The van der Waals surface area contributed by atoms with Crippen LogP contribution in [0.3, 0.4) is 0 Å². The van der Waals surface area contributed by atoms with Crippen LogP contribution in [0.5, 0.6) is 0 Å². The van der Waals surface area contributed by atoms with Crippen molar-refractivity contribution in [3.8, 4) is 0 Å². The van der Waals surface area contributed by atoms with Crippen molar-refractivity contribution in [3.63, 3.8) is 0 Å². The van der Waals surface area contributed by atoms with Gasteiger partial charge in [0, 0.05) is 6.54 Å². The lowest BCUT2D eigenvalue weighted by Crippen LogP contribution is -2.42. The molecule has 1 saturated heterocycles. The number of hydrogen-bond acceptors (Lipinski definition) is 2. The minimum atomic E-state index is 0.553. The zero-order chi connectivity index (χ0) is 11.9. The van der Waals surface area contributed by atoms with Gasteiger partial charge in [0.2, 0.25) is 0 Å². The van der Waals surface area contributed by atoms with Crippen LogP contribution in [-0.4, -0.2) is 38.1 Å². The third-order valence-corrected chi connectivity index (χ3v) is 3.95. The predicted molar refractivity (Wildman–Crippen MR) is 71.8 cm³/mol. The lowest BCUT2D eigenvalue weighted by atomic mass is 9.80. The number of hydrogen-bond donors (Lipinski definition) is 1. The molecule has 0 radical (unpaired) electrons. The van der Waals surface area contributed by atoms with E-state index < -0.39 is 0 Å². The van der Waals surface area contributed by atoms with E-state index in [-0.39, 0.29) is 0 Å². The van der Waals surface area contributed by atoms with Crippen LogP contribution >= 0.6 is 0 Å². The summed E-state index contributed by atoms with van der Waals surface area (Å²) in [6.07, 6.45) is 8.18. The Labute approximate surface area is 102 Å².